The van der Waals surface area contributed by atoms with Crippen LogP contribution in [-0.2, 0) is 0 Å². The van der Waals surface area contributed by atoms with E-state index < -0.39 is 0 Å². The van der Waals surface area contributed by atoms with E-state index in [1.165, 1.54) is 58.2 Å². The van der Waals surface area contributed by atoms with Gasteiger partial charge in [0.25, 0.3) is 0 Å². The Hall–Kier alpha value is -0.120. The first-order valence-electron chi connectivity index (χ1n) is 7.75. The minimum absolute atomic E-state index is 0.776. The summed E-state index contributed by atoms with van der Waals surface area (Å²) in [6, 6.07) is 1.62. The average Bonchev–Trinajstić information content (AvgIpc) is 2.82. The Balaban J connectivity index is 1.64. The predicted octanol–water partition coefficient (Wildman–Crippen LogP) is 1.79. The van der Waals surface area contributed by atoms with E-state index in [2.05, 4.69) is 36.3 Å². The summed E-state index contributed by atoms with van der Waals surface area (Å²) in [7, 11) is 6.69. The molecule has 18 heavy (non-hydrogen) atoms. The smallest absolute Gasteiger partial charge is 0.00933 e. The van der Waals surface area contributed by atoms with Crippen molar-refractivity contribution in [3.8, 4) is 0 Å². The van der Waals surface area contributed by atoms with Crippen LogP contribution in [0.2, 0.25) is 0 Å². The molecule has 0 aromatic heterocycles. The minimum atomic E-state index is 0.776. The molecule has 1 atom stereocenters. The Morgan fingerprint density at radius 2 is 1.89 bits per heavy atom. The van der Waals surface area contributed by atoms with Crippen LogP contribution in [0.25, 0.3) is 0 Å². The maximum Gasteiger partial charge on any atom is 0.00933 e. The molecule has 1 heterocycles. The van der Waals surface area contributed by atoms with E-state index in [4.69, 9.17) is 0 Å². The van der Waals surface area contributed by atoms with Crippen LogP contribution in [0.5, 0.6) is 0 Å². The maximum atomic E-state index is 3.42. The molecule has 2 aliphatic rings. The third kappa shape index (κ3) is 3.94. The third-order valence-electron chi connectivity index (χ3n) is 5.11. The predicted molar refractivity (Wildman–Crippen MR) is 78.0 cm³/mol. The van der Waals surface area contributed by atoms with Crippen molar-refractivity contribution in [3.05, 3.63) is 0 Å². The van der Waals surface area contributed by atoms with Gasteiger partial charge in [0, 0.05) is 18.6 Å². The summed E-state index contributed by atoms with van der Waals surface area (Å²) < 4.78 is 0. The lowest BCUT2D eigenvalue weighted by Gasteiger charge is -2.35. The van der Waals surface area contributed by atoms with Crippen molar-refractivity contribution >= 4 is 0 Å². The highest BCUT2D eigenvalue weighted by Crippen LogP contribution is 2.24. The van der Waals surface area contributed by atoms with Gasteiger partial charge in [0.15, 0.2) is 0 Å². The Morgan fingerprint density at radius 1 is 1.17 bits per heavy atom. The van der Waals surface area contributed by atoms with Crippen molar-refractivity contribution in [2.24, 2.45) is 5.92 Å². The molecule has 106 valence electrons. The molecule has 1 unspecified atom stereocenters. The molecule has 2 fully saturated rings. The number of rotatable bonds is 5. The van der Waals surface area contributed by atoms with Gasteiger partial charge in [-0.25, -0.2) is 0 Å². The number of hydrogen-bond donors (Lipinski definition) is 1. The van der Waals surface area contributed by atoms with Gasteiger partial charge in [-0.1, -0.05) is 0 Å². The summed E-state index contributed by atoms with van der Waals surface area (Å²) in [5.74, 6) is 0.950. The van der Waals surface area contributed by atoms with Gasteiger partial charge in [-0.3, -0.25) is 0 Å². The van der Waals surface area contributed by atoms with Crippen molar-refractivity contribution in [1.82, 2.24) is 15.1 Å². The Kier molecular flexibility index (Phi) is 5.46. The fourth-order valence-electron chi connectivity index (χ4n) is 3.64. The fraction of sp³-hybridized carbons (Fsp3) is 1.00. The molecule has 3 nitrogen and oxygen atoms in total. The van der Waals surface area contributed by atoms with Gasteiger partial charge in [0.2, 0.25) is 0 Å². The number of nitrogens with zero attached hydrogens (tertiary/aromatic N) is 2. The molecule has 1 N–H and O–H groups in total. The van der Waals surface area contributed by atoms with Gasteiger partial charge in [-0.15, -0.1) is 0 Å². The summed E-state index contributed by atoms with van der Waals surface area (Å²) in [6.07, 6.45) is 8.29. The molecule has 1 saturated heterocycles. The molecule has 0 bridgehead atoms. The zero-order chi connectivity index (χ0) is 13.0. The Morgan fingerprint density at radius 3 is 2.44 bits per heavy atom. The van der Waals surface area contributed by atoms with Crippen molar-refractivity contribution < 1.29 is 0 Å². The molecular formula is C15H31N3. The topological polar surface area (TPSA) is 18.5 Å². The lowest BCUT2D eigenvalue weighted by Crippen LogP contribution is -2.40. The second-order valence-electron chi connectivity index (χ2n) is 6.48. The summed E-state index contributed by atoms with van der Waals surface area (Å²) in [6.45, 7) is 3.93. The van der Waals surface area contributed by atoms with E-state index in [1.807, 2.05) is 0 Å². The van der Waals surface area contributed by atoms with Crippen molar-refractivity contribution in [2.75, 3.05) is 40.8 Å². The number of nitrogens with one attached hydrogen (secondary N) is 1. The summed E-state index contributed by atoms with van der Waals surface area (Å²) in [5.41, 5.74) is 0. The Bertz CT molecular complexity index is 236. The zero-order valence-electron chi connectivity index (χ0n) is 12.5. The van der Waals surface area contributed by atoms with Gasteiger partial charge in [-0.05, 0) is 78.7 Å². The molecule has 2 rings (SSSR count). The van der Waals surface area contributed by atoms with E-state index in [-0.39, 0.29) is 0 Å². The molecule has 1 aliphatic carbocycles. The molecular weight excluding hydrogens is 222 g/mol. The van der Waals surface area contributed by atoms with E-state index in [1.54, 1.807) is 0 Å². The zero-order valence-corrected chi connectivity index (χ0v) is 12.5. The quantitative estimate of drug-likeness (QED) is 0.806. The van der Waals surface area contributed by atoms with E-state index in [0.29, 0.717) is 0 Å². The van der Waals surface area contributed by atoms with Crippen molar-refractivity contribution in [3.63, 3.8) is 0 Å². The maximum absolute atomic E-state index is 3.42. The first-order valence-corrected chi connectivity index (χ1v) is 7.75. The van der Waals surface area contributed by atoms with Crippen LogP contribution in [0, 0.1) is 5.92 Å². The van der Waals surface area contributed by atoms with Gasteiger partial charge in [-0.2, -0.15) is 0 Å². The molecule has 0 aromatic rings. The lowest BCUT2D eigenvalue weighted by molar-refractivity contribution is 0.167. The van der Waals surface area contributed by atoms with Gasteiger partial charge < -0.3 is 15.1 Å². The standard InChI is InChI=1S/C15H31N3/c1-16-14-4-6-15(7-5-14)18(3)11-9-13-8-10-17(2)12-13/h13-16H,4-12H2,1-3H3. The summed E-state index contributed by atoms with van der Waals surface area (Å²) in [4.78, 5) is 5.10. The van der Waals surface area contributed by atoms with Crippen molar-refractivity contribution in [2.45, 2.75) is 50.6 Å². The highest BCUT2D eigenvalue weighted by Gasteiger charge is 2.24. The lowest BCUT2D eigenvalue weighted by atomic mass is 9.90. The van der Waals surface area contributed by atoms with Crippen LogP contribution in [-0.4, -0.2) is 62.7 Å². The molecule has 0 spiro atoms. The van der Waals surface area contributed by atoms with Crippen LogP contribution in [0.1, 0.15) is 38.5 Å². The molecule has 1 aliphatic heterocycles. The average molecular weight is 253 g/mol. The SMILES string of the molecule is CNC1CCC(N(C)CCC2CCN(C)C2)CC1. The Labute approximate surface area is 113 Å². The van der Waals surface area contributed by atoms with Crippen LogP contribution in [0.15, 0.2) is 0 Å². The third-order valence-corrected chi connectivity index (χ3v) is 5.11. The van der Waals surface area contributed by atoms with Crippen LogP contribution in [0.3, 0.4) is 0 Å². The second-order valence-corrected chi connectivity index (χ2v) is 6.48. The van der Waals surface area contributed by atoms with Gasteiger partial charge in [0.1, 0.15) is 0 Å². The van der Waals surface area contributed by atoms with E-state index in [0.717, 1.165) is 18.0 Å². The summed E-state index contributed by atoms with van der Waals surface area (Å²) >= 11 is 0. The van der Waals surface area contributed by atoms with E-state index >= 15 is 0 Å². The van der Waals surface area contributed by atoms with Crippen LogP contribution < -0.4 is 5.32 Å². The largest absolute Gasteiger partial charge is 0.317 e. The molecule has 0 aromatic carbocycles. The number of hydrogen-bond acceptors (Lipinski definition) is 3. The monoisotopic (exact) mass is 253 g/mol. The normalized spacial score (nSPS) is 34.3. The summed E-state index contributed by atoms with van der Waals surface area (Å²) in [5, 5.41) is 3.42. The minimum Gasteiger partial charge on any atom is -0.317 e. The first-order chi connectivity index (χ1) is 8.69. The molecule has 0 radical (unpaired) electrons. The van der Waals surface area contributed by atoms with Gasteiger partial charge >= 0.3 is 0 Å². The fourth-order valence-corrected chi connectivity index (χ4v) is 3.64. The molecule has 1 saturated carbocycles. The number of likely N-dealkylation sites (tertiary alicyclic amines) is 1. The van der Waals surface area contributed by atoms with Crippen LogP contribution in [0.4, 0.5) is 0 Å². The van der Waals surface area contributed by atoms with Crippen molar-refractivity contribution in [1.29, 1.82) is 0 Å². The van der Waals surface area contributed by atoms with E-state index in [9.17, 15) is 0 Å². The highest BCUT2D eigenvalue weighted by molar-refractivity contribution is 4.82. The molecule has 3 heteroatoms. The highest BCUT2D eigenvalue weighted by atomic mass is 15.1. The van der Waals surface area contributed by atoms with Crippen LogP contribution >= 0.6 is 0 Å². The second kappa shape index (κ2) is 6.88. The van der Waals surface area contributed by atoms with Gasteiger partial charge in [0.05, 0.1) is 0 Å². The molecule has 0 amide bonds. The first kappa shape index (κ1) is 14.3.